The average molecular weight is 349 g/mol. The second kappa shape index (κ2) is 6.14. The molecule has 0 unspecified atom stereocenters. The van der Waals surface area contributed by atoms with Crippen LogP contribution in [0.1, 0.15) is 25.3 Å². The molecule has 0 aromatic heterocycles. The summed E-state index contributed by atoms with van der Waals surface area (Å²) in [5.41, 5.74) is 5.49. The van der Waals surface area contributed by atoms with Gasteiger partial charge in [0.15, 0.2) is 0 Å². The van der Waals surface area contributed by atoms with E-state index in [1.807, 2.05) is 0 Å². The zero-order valence-corrected chi connectivity index (χ0v) is 13.9. The van der Waals surface area contributed by atoms with Gasteiger partial charge in [-0.15, -0.1) is 0 Å². The summed E-state index contributed by atoms with van der Waals surface area (Å²) in [5, 5.41) is -0.170. The van der Waals surface area contributed by atoms with Crippen molar-refractivity contribution in [1.82, 2.24) is 4.31 Å². The number of nitrogens with two attached hydrogens (primary N) is 1. The Kier molecular flexibility index (Phi) is 4.79. The Bertz CT molecular complexity index is 708. The fraction of sp³-hybridized carbons (Fsp3) is 0.500. The Morgan fingerprint density at radius 2 is 2.05 bits per heavy atom. The molecular formula is C14H18ClFN2O3S. The fourth-order valence-electron chi connectivity index (χ4n) is 2.60. The van der Waals surface area contributed by atoms with E-state index in [1.165, 1.54) is 17.3 Å². The molecule has 1 aliphatic rings. The zero-order valence-electron chi connectivity index (χ0n) is 12.3. The van der Waals surface area contributed by atoms with Gasteiger partial charge in [0.1, 0.15) is 10.7 Å². The quantitative estimate of drug-likeness (QED) is 0.907. The van der Waals surface area contributed by atoms with Crippen LogP contribution in [-0.4, -0.2) is 31.2 Å². The Morgan fingerprint density at radius 1 is 1.41 bits per heavy atom. The minimum absolute atomic E-state index is 0.0194. The van der Waals surface area contributed by atoms with E-state index in [0.29, 0.717) is 12.8 Å². The van der Waals surface area contributed by atoms with Crippen LogP contribution in [0, 0.1) is 18.7 Å². The van der Waals surface area contributed by atoms with E-state index in [2.05, 4.69) is 0 Å². The lowest BCUT2D eigenvalue weighted by Crippen LogP contribution is -2.48. The summed E-state index contributed by atoms with van der Waals surface area (Å²) in [4.78, 5) is 11.2. The third kappa shape index (κ3) is 3.11. The molecule has 1 aromatic carbocycles. The lowest BCUT2D eigenvalue weighted by molar-refractivity contribution is -0.123. The number of carbonyl (C=O) groups is 1. The molecule has 0 aliphatic carbocycles. The van der Waals surface area contributed by atoms with E-state index in [4.69, 9.17) is 17.3 Å². The fourth-order valence-corrected chi connectivity index (χ4v) is 4.88. The molecule has 1 amide bonds. The first-order chi connectivity index (χ1) is 10.1. The summed E-state index contributed by atoms with van der Waals surface area (Å²) in [6, 6.07) is 1.93. The van der Waals surface area contributed by atoms with Gasteiger partial charge in [-0.1, -0.05) is 11.6 Å². The highest BCUT2D eigenvalue weighted by Gasteiger charge is 2.37. The number of carbonyl (C=O) groups excluding carboxylic acids is 1. The molecule has 1 heterocycles. The lowest BCUT2D eigenvalue weighted by atomic mass is 9.95. The Labute approximate surface area is 134 Å². The zero-order chi connectivity index (χ0) is 16.7. The number of benzene rings is 1. The number of piperidine rings is 1. The van der Waals surface area contributed by atoms with Crippen molar-refractivity contribution in [3.05, 3.63) is 28.5 Å². The molecule has 1 saturated heterocycles. The first-order valence-electron chi connectivity index (χ1n) is 6.91. The summed E-state index contributed by atoms with van der Waals surface area (Å²) in [7, 11) is -3.92. The van der Waals surface area contributed by atoms with Crippen molar-refractivity contribution in [3.63, 3.8) is 0 Å². The van der Waals surface area contributed by atoms with Gasteiger partial charge in [0.05, 0.1) is 10.9 Å². The average Bonchev–Trinajstić information content (AvgIpc) is 2.42. The highest BCUT2D eigenvalue weighted by Crippen LogP contribution is 2.32. The van der Waals surface area contributed by atoms with Gasteiger partial charge in [-0.3, -0.25) is 4.79 Å². The summed E-state index contributed by atoms with van der Waals surface area (Å²) in [5.74, 6) is -1.61. The Balaban J connectivity index is 2.45. The third-order valence-corrected chi connectivity index (χ3v) is 6.47. The second-order valence-electron chi connectivity index (χ2n) is 5.63. The number of aryl methyl sites for hydroxylation is 1. The van der Waals surface area contributed by atoms with Crippen LogP contribution in [0.2, 0.25) is 5.02 Å². The van der Waals surface area contributed by atoms with Crippen molar-refractivity contribution >= 4 is 27.5 Å². The molecule has 0 radical (unpaired) electrons. The number of nitrogens with zero attached hydrogens (tertiary/aromatic N) is 1. The maximum absolute atomic E-state index is 13.5. The van der Waals surface area contributed by atoms with Crippen molar-refractivity contribution in [2.45, 2.75) is 37.6 Å². The molecule has 1 fully saturated rings. The molecule has 5 nitrogen and oxygen atoms in total. The maximum Gasteiger partial charge on any atom is 0.244 e. The van der Waals surface area contributed by atoms with E-state index >= 15 is 0 Å². The predicted octanol–water partition coefficient (Wildman–Crippen LogP) is 2.06. The van der Waals surface area contributed by atoms with Gasteiger partial charge in [-0.05, 0) is 44.4 Å². The number of hydrogen-bond donors (Lipinski definition) is 1. The van der Waals surface area contributed by atoms with Crippen LogP contribution in [-0.2, 0) is 14.8 Å². The monoisotopic (exact) mass is 348 g/mol. The minimum Gasteiger partial charge on any atom is -0.369 e. The topological polar surface area (TPSA) is 80.5 Å². The van der Waals surface area contributed by atoms with Gasteiger partial charge in [0, 0.05) is 12.6 Å². The summed E-state index contributed by atoms with van der Waals surface area (Å²) >= 11 is 5.91. The molecule has 1 aliphatic heterocycles. The van der Waals surface area contributed by atoms with Crippen LogP contribution in [0.15, 0.2) is 17.0 Å². The molecule has 22 heavy (non-hydrogen) atoms. The van der Waals surface area contributed by atoms with Gasteiger partial charge in [-0.2, -0.15) is 4.31 Å². The minimum atomic E-state index is -3.92. The van der Waals surface area contributed by atoms with Gasteiger partial charge >= 0.3 is 0 Å². The number of sulfonamides is 1. The van der Waals surface area contributed by atoms with Crippen molar-refractivity contribution in [3.8, 4) is 0 Å². The van der Waals surface area contributed by atoms with Gasteiger partial charge in [0.25, 0.3) is 0 Å². The van der Waals surface area contributed by atoms with Gasteiger partial charge in [-0.25, -0.2) is 12.8 Å². The summed E-state index contributed by atoms with van der Waals surface area (Å²) in [6.07, 6.45) is 1.09. The van der Waals surface area contributed by atoms with E-state index < -0.39 is 27.7 Å². The van der Waals surface area contributed by atoms with E-state index in [0.717, 1.165) is 6.07 Å². The van der Waals surface area contributed by atoms with Crippen LogP contribution in [0.3, 0.4) is 0 Å². The molecule has 0 saturated carbocycles. The van der Waals surface area contributed by atoms with E-state index in [-0.39, 0.29) is 28.1 Å². The highest BCUT2D eigenvalue weighted by molar-refractivity contribution is 7.89. The van der Waals surface area contributed by atoms with Crippen LogP contribution in [0.25, 0.3) is 0 Å². The maximum atomic E-state index is 13.5. The normalized spacial score (nSPS) is 23.5. The number of halogens is 2. The number of amides is 1. The van der Waals surface area contributed by atoms with Crippen LogP contribution in [0.4, 0.5) is 4.39 Å². The predicted molar refractivity (Wildman–Crippen MR) is 81.4 cm³/mol. The van der Waals surface area contributed by atoms with Crippen LogP contribution in [0.5, 0.6) is 0 Å². The number of rotatable bonds is 3. The molecular weight excluding hydrogens is 331 g/mol. The molecule has 0 spiro atoms. The first kappa shape index (κ1) is 17.2. The molecule has 2 atom stereocenters. The number of hydrogen-bond acceptors (Lipinski definition) is 3. The lowest BCUT2D eigenvalue weighted by Gasteiger charge is -2.36. The Morgan fingerprint density at radius 3 is 2.64 bits per heavy atom. The Hall–Kier alpha value is -1.18. The first-order valence-corrected chi connectivity index (χ1v) is 8.73. The highest BCUT2D eigenvalue weighted by atomic mass is 35.5. The summed E-state index contributed by atoms with van der Waals surface area (Å²) in [6.45, 7) is 3.25. The van der Waals surface area contributed by atoms with Crippen molar-refractivity contribution in [2.24, 2.45) is 11.7 Å². The SMILES string of the molecule is Cc1cc(S(=O)(=O)N2C[C@H](C(N)=O)CC[C@@H]2C)c(Cl)cc1F. The summed E-state index contributed by atoms with van der Waals surface area (Å²) < 4.78 is 40.3. The van der Waals surface area contributed by atoms with Crippen LogP contribution < -0.4 is 5.73 Å². The molecule has 122 valence electrons. The van der Waals surface area contributed by atoms with Gasteiger partial charge in [0.2, 0.25) is 15.9 Å². The largest absolute Gasteiger partial charge is 0.369 e. The van der Waals surface area contributed by atoms with Crippen molar-refractivity contribution in [2.75, 3.05) is 6.54 Å². The molecule has 2 N–H and O–H groups in total. The van der Waals surface area contributed by atoms with Crippen LogP contribution >= 0.6 is 11.6 Å². The molecule has 8 heteroatoms. The van der Waals surface area contributed by atoms with E-state index in [9.17, 15) is 17.6 Å². The molecule has 1 aromatic rings. The van der Waals surface area contributed by atoms with Crippen molar-refractivity contribution < 1.29 is 17.6 Å². The van der Waals surface area contributed by atoms with Gasteiger partial charge < -0.3 is 5.73 Å². The number of primary amides is 1. The molecule has 2 rings (SSSR count). The van der Waals surface area contributed by atoms with Crippen molar-refractivity contribution in [1.29, 1.82) is 0 Å². The second-order valence-corrected chi connectivity index (χ2v) is 7.90. The molecule has 0 bridgehead atoms. The standard InChI is InChI=1S/C14H18ClFN2O3S/c1-8-5-13(11(15)6-12(8)16)22(20,21)18-7-10(14(17)19)4-3-9(18)2/h5-6,9-10H,3-4,7H2,1-2H3,(H2,17,19)/t9-,10+/m0/s1. The third-order valence-electron chi connectivity index (χ3n) is 4.03. The van der Waals surface area contributed by atoms with E-state index in [1.54, 1.807) is 6.92 Å². The smallest absolute Gasteiger partial charge is 0.244 e.